The fourth-order valence-electron chi connectivity index (χ4n) is 1.18. The highest BCUT2D eigenvalue weighted by atomic mass is 79.9. The molecule has 1 aromatic rings. The lowest BCUT2D eigenvalue weighted by Crippen LogP contribution is -2.27. The first kappa shape index (κ1) is 12.9. The summed E-state index contributed by atoms with van der Waals surface area (Å²) in [5.41, 5.74) is 0. The second kappa shape index (κ2) is 6.40. The average Bonchev–Trinajstić information content (AvgIpc) is 2.17. The largest absolute Gasteiger partial charge is 0.314 e. The highest BCUT2D eigenvalue weighted by molar-refractivity contribution is 9.10. The minimum absolute atomic E-state index is 0.446. The SMILES string of the molecule is CC(C)NCCS(=O)c1ccccc1Br. The molecule has 0 saturated heterocycles. The molecule has 15 heavy (non-hydrogen) atoms. The Bertz CT molecular complexity index is 341. The fraction of sp³-hybridized carbons (Fsp3) is 0.455. The Morgan fingerprint density at radius 3 is 2.67 bits per heavy atom. The van der Waals surface area contributed by atoms with Crippen LogP contribution in [0.15, 0.2) is 33.6 Å². The van der Waals surface area contributed by atoms with Crippen LogP contribution in [0.1, 0.15) is 13.8 Å². The molecule has 0 amide bonds. The first-order chi connectivity index (χ1) is 7.11. The molecule has 84 valence electrons. The summed E-state index contributed by atoms with van der Waals surface area (Å²) in [5.74, 6) is 0.654. The second-order valence-electron chi connectivity index (χ2n) is 3.59. The van der Waals surface area contributed by atoms with Crippen LogP contribution in [0, 0.1) is 0 Å². The fourth-order valence-corrected chi connectivity index (χ4v) is 3.05. The van der Waals surface area contributed by atoms with Gasteiger partial charge in [0, 0.05) is 22.8 Å². The van der Waals surface area contributed by atoms with Crippen LogP contribution in [-0.4, -0.2) is 22.5 Å². The van der Waals surface area contributed by atoms with Crippen LogP contribution < -0.4 is 5.32 Å². The minimum atomic E-state index is -0.921. The Labute approximate surface area is 102 Å². The summed E-state index contributed by atoms with van der Waals surface area (Å²) in [4.78, 5) is 0.878. The van der Waals surface area contributed by atoms with Crippen molar-refractivity contribution in [3.8, 4) is 0 Å². The van der Waals surface area contributed by atoms with Crippen molar-refractivity contribution in [2.75, 3.05) is 12.3 Å². The maximum atomic E-state index is 11.9. The maximum absolute atomic E-state index is 11.9. The van der Waals surface area contributed by atoms with Gasteiger partial charge in [-0.2, -0.15) is 0 Å². The zero-order valence-electron chi connectivity index (χ0n) is 9.00. The Kier molecular flexibility index (Phi) is 5.50. The molecule has 0 aromatic heterocycles. The molecule has 0 aliphatic carbocycles. The summed E-state index contributed by atoms with van der Waals surface area (Å²) in [6.45, 7) is 4.95. The second-order valence-corrected chi connectivity index (χ2v) is 5.98. The van der Waals surface area contributed by atoms with Crippen molar-refractivity contribution < 1.29 is 4.21 Å². The van der Waals surface area contributed by atoms with Gasteiger partial charge in [-0.25, -0.2) is 0 Å². The Balaban J connectivity index is 2.51. The number of nitrogens with one attached hydrogen (secondary N) is 1. The van der Waals surface area contributed by atoms with Gasteiger partial charge in [0.15, 0.2) is 0 Å². The quantitative estimate of drug-likeness (QED) is 0.903. The van der Waals surface area contributed by atoms with Crippen LogP contribution in [-0.2, 0) is 10.8 Å². The first-order valence-electron chi connectivity index (χ1n) is 4.97. The molecular formula is C11H16BrNOS. The molecule has 2 nitrogen and oxygen atoms in total. The third-order valence-electron chi connectivity index (χ3n) is 1.92. The highest BCUT2D eigenvalue weighted by Gasteiger charge is 2.06. The molecule has 1 N–H and O–H groups in total. The maximum Gasteiger partial charge on any atom is 0.0553 e. The number of hydrogen-bond acceptors (Lipinski definition) is 2. The molecule has 1 atom stereocenters. The lowest BCUT2D eigenvalue weighted by atomic mass is 10.4. The molecule has 1 rings (SSSR count). The van der Waals surface area contributed by atoms with E-state index in [0.717, 1.165) is 15.9 Å². The van der Waals surface area contributed by atoms with Crippen molar-refractivity contribution in [1.82, 2.24) is 5.32 Å². The molecule has 0 aliphatic heterocycles. The van der Waals surface area contributed by atoms with Crippen LogP contribution >= 0.6 is 15.9 Å². The van der Waals surface area contributed by atoms with Crippen molar-refractivity contribution in [2.24, 2.45) is 0 Å². The predicted molar refractivity (Wildman–Crippen MR) is 68.6 cm³/mol. The number of hydrogen-bond donors (Lipinski definition) is 1. The van der Waals surface area contributed by atoms with Crippen molar-refractivity contribution in [2.45, 2.75) is 24.8 Å². The zero-order chi connectivity index (χ0) is 11.3. The number of benzene rings is 1. The first-order valence-corrected chi connectivity index (χ1v) is 7.08. The Hall–Kier alpha value is -0.190. The van der Waals surface area contributed by atoms with Gasteiger partial charge in [-0.05, 0) is 28.1 Å². The van der Waals surface area contributed by atoms with E-state index in [9.17, 15) is 4.21 Å². The van der Waals surface area contributed by atoms with E-state index in [1.165, 1.54) is 0 Å². The topological polar surface area (TPSA) is 29.1 Å². The van der Waals surface area contributed by atoms with E-state index in [1.807, 2.05) is 24.3 Å². The Morgan fingerprint density at radius 2 is 2.07 bits per heavy atom. The van der Waals surface area contributed by atoms with Crippen LogP contribution in [0.3, 0.4) is 0 Å². The summed E-state index contributed by atoms with van der Waals surface area (Å²) < 4.78 is 12.8. The third-order valence-corrected chi connectivity index (χ3v) is 4.30. The molecule has 1 unspecified atom stereocenters. The van der Waals surface area contributed by atoms with E-state index in [1.54, 1.807) is 0 Å². The predicted octanol–water partition coefficient (Wildman–Crippen LogP) is 2.55. The molecule has 0 radical (unpaired) electrons. The number of rotatable bonds is 5. The van der Waals surface area contributed by atoms with Gasteiger partial charge in [0.1, 0.15) is 0 Å². The van der Waals surface area contributed by atoms with E-state index < -0.39 is 10.8 Å². The van der Waals surface area contributed by atoms with Crippen molar-refractivity contribution in [3.63, 3.8) is 0 Å². The van der Waals surface area contributed by atoms with Gasteiger partial charge in [0.25, 0.3) is 0 Å². The van der Waals surface area contributed by atoms with Crippen molar-refractivity contribution >= 4 is 26.7 Å². The third kappa shape index (κ3) is 4.45. The molecule has 0 saturated carbocycles. The molecule has 0 aliphatic rings. The van der Waals surface area contributed by atoms with E-state index in [0.29, 0.717) is 11.8 Å². The van der Waals surface area contributed by atoms with Crippen LogP contribution in [0.4, 0.5) is 0 Å². The van der Waals surface area contributed by atoms with Crippen molar-refractivity contribution in [1.29, 1.82) is 0 Å². The average molecular weight is 290 g/mol. The van der Waals surface area contributed by atoms with Gasteiger partial charge in [-0.15, -0.1) is 0 Å². The van der Waals surface area contributed by atoms with Gasteiger partial charge in [0.2, 0.25) is 0 Å². The highest BCUT2D eigenvalue weighted by Crippen LogP contribution is 2.19. The zero-order valence-corrected chi connectivity index (χ0v) is 11.4. The van der Waals surface area contributed by atoms with E-state index in [2.05, 4.69) is 35.1 Å². The Morgan fingerprint density at radius 1 is 1.40 bits per heavy atom. The lowest BCUT2D eigenvalue weighted by Gasteiger charge is -2.08. The molecule has 0 bridgehead atoms. The van der Waals surface area contributed by atoms with Gasteiger partial charge in [-0.3, -0.25) is 4.21 Å². The van der Waals surface area contributed by atoms with Gasteiger partial charge >= 0.3 is 0 Å². The summed E-state index contributed by atoms with van der Waals surface area (Å²) in [6.07, 6.45) is 0. The van der Waals surface area contributed by atoms with Gasteiger partial charge < -0.3 is 5.32 Å². The lowest BCUT2D eigenvalue weighted by molar-refractivity contribution is 0.610. The molecular weight excluding hydrogens is 274 g/mol. The van der Waals surface area contributed by atoms with Gasteiger partial charge in [-0.1, -0.05) is 26.0 Å². The van der Waals surface area contributed by atoms with E-state index >= 15 is 0 Å². The molecule has 0 fully saturated rings. The monoisotopic (exact) mass is 289 g/mol. The van der Waals surface area contributed by atoms with Crippen LogP contribution in [0.25, 0.3) is 0 Å². The molecule has 1 aromatic carbocycles. The van der Waals surface area contributed by atoms with Gasteiger partial charge in [0.05, 0.1) is 15.7 Å². The molecule has 4 heteroatoms. The summed E-state index contributed by atoms with van der Waals surface area (Å²) in [6, 6.07) is 8.10. The smallest absolute Gasteiger partial charge is 0.0553 e. The summed E-state index contributed by atoms with van der Waals surface area (Å²) in [7, 11) is -0.921. The normalized spacial score (nSPS) is 13.1. The number of halogens is 1. The summed E-state index contributed by atoms with van der Waals surface area (Å²) in [5, 5.41) is 3.26. The van der Waals surface area contributed by atoms with E-state index in [4.69, 9.17) is 0 Å². The van der Waals surface area contributed by atoms with E-state index in [-0.39, 0.29) is 0 Å². The van der Waals surface area contributed by atoms with Crippen molar-refractivity contribution in [3.05, 3.63) is 28.7 Å². The molecule has 0 spiro atoms. The summed E-state index contributed by atoms with van der Waals surface area (Å²) >= 11 is 3.40. The molecule has 0 heterocycles. The standard InChI is InChI=1S/C11H16BrNOS/c1-9(2)13-7-8-15(14)11-6-4-3-5-10(11)12/h3-6,9,13H,7-8H2,1-2H3. The minimum Gasteiger partial charge on any atom is -0.314 e. The van der Waals surface area contributed by atoms with Crippen LogP contribution in [0.5, 0.6) is 0 Å². The van der Waals surface area contributed by atoms with Crippen LogP contribution in [0.2, 0.25) is 0 Å².